The molecule has 0 spiro atoms. The van der Waals surface area contributed by atoms with E-state index >= 15 is 0 Å². The van der Waals surface area contributed by atoms with Gasteiger partial charge in [-0.3, -0.25) is 4.79 Å². The molecule has 0 aromatic heterocycles. The summed E-state index contributed by atoms with van der Waals surface area (Å²) in [6.07, 6.45) is 3.25. The number of hydrogen-bond donors (Lipinski definition) is 2. The largest absolute Gasteiger partial charge is 0.478 e. The van der Waals surface area contributed by atoms with Crippen LogP contribution in [0.5, 0.6) is 0 Å². The van der Waals surface area contributed by atoms with Crippen LogP contribution in [-0.2, 0) is 9.59 Å². The van der Waals surface area contributed by atoms with Crippen LogP contribution in [0.2, 0.25) is 0 Å². The van der Waals surface area contributed by atoms with E-state index in [0.29, 0.717) is 11.5 Å². The molecular weight excluding hydrogens is 206 g/mol. The summed E-state index contributed by atoms with van der Waals surface area (Å²) in [5.74, 6) is -0.798. The predicted molar refractivity (Wildman–Crippen MR) is 61.0 cm³/mol. The molecule has 1 aliphatic rings. The fourth-order valence-corrected chi connectivity index (χ4v) is 1.97. The number of rotatable bonds is 3. The lowest BCUT2D eigenvalue weighted by Crippen LogP contribution is -2.37. The van der Waals surface area contributed by atoms with Crippen molar-refractivity contribution in [3.63, 3.8) is 0 Å². The van der Waals surface area contributed by atoms with Gasteiger partial charge >= 0.3 is 5.97 Å². The zero-order valence-corrected chi connectivity index (χ0v) is 10.0. The lowest BCUT2D eigenvalue weighted by Gasteiger charge is -2.17. The summed E-state index contributed by atoms with van der Waals surface area (Å²) in [6, 6.07) is 0.198. The van der Waals surface area contributed by atoms with Crippen molar-refractivity contribution in [3.8, 4) is 0 Å². The molecule has 0 heterocycles. The van der Waals surface area contributed by atoms with Crippen LogP contribution in [0.15, 0.2) is 11.1 Å². The maximum atomic E-state index is 11.8. The van der Waals surface area contributed by atoms with Crippen molar-refractivity contribution in [2.75, 3.05) is 0 Å². The van der Waals surface area contributed by atoms with Crippen molar-refractivity contribution < 1.29 is 14.7 Å². The van der Waals surface area contributed by atoms with E-state index < -0.39 is 5.97 Å². The van der Waals surface area contributed by atoms with E-state index in [9.17, 15) is 9.59 Å². The molecule has 4 heteroatoms. The molecule has 0 aromatic carbocycles. The molecule has 2 N–H and O–H groups in total. The zero-order valence-electron chi connectivity index (χ0n) is 10.0. The Balaban J connectivity index is 2.65. The van der Waals surface area contributed by atoms with Crippen molar-refractivity contribution >= 4 is 11.9 Å². The minimum absolute atomic E-state index is 0.114. The molecule has 2 unspecified atom stereocenters. The lowest BCUT2D eigenvalue weighted by atomic mass is 10.1. The van der Waals surface area contributed by atoms with Gasteiger partial charge in [0.2, 0.25) is 5.91 Å². The summed E-state index contributed by atoms with van der Waals surface area (Å²) < 4.78 is 0. The maximum Gasteiger partial charge on any atom is 0.331 e. The van der Waals surface area contributed by atoms with Crippen molar-refractivity contribution in [2.45, 2.75) is 46.1 Å². The van der Waals surface area contributed by atoms with Gasteiger partial charge in [0.15, 0.2) is 0 Å². The monoisotopic (exact) mass is 225 g/mol. The van der Waals surface area contributed by atoms with Gasteiger partial charge in [0, 0.05) is 17.2 Å². The van der Waals surface area contributed by atoms with Crippen LogP contribution in [-0.4, -0.2) is 23.0 Å². The van der Waals surface area contributed by atoms with Gasteiger partial charge in [-0.25, -0.2) is 4.79 Å². The summed E-state index contributed by atoms with van der Waals surface area (Å²) in [6.45, 7) is 5.12. The van der Waals surface area contributed by atoms with Gasteiger partial charge in [-0.1, -0.05) is 13.3 Å². The van der Waals surface area contributed by atoms with Gasteiger partial charge in [-0.05, 0) is 32.6 Å². The van der Waals surface area contributed by atoms with Crippen molar-refractivity contribution in [1.29, 1.82) is 0 Å². The molecule has 0 bridgehead atoms. The Labute approximate surface area is 95.7 Å². The highest BCUT2D eigenvalue weighted by atomic mass is 16.4. The van der Waals surface area contributed by atoms with E-state index in [1.165, 1.54) is 6.92 Å². The van der Waals surface area contributed by atoms with Gasteiger partial charge in [-0.2, -0.15) is 0 Å². The van der Waals surface area contributed by atoms with Gasteiger partial charge in [0.05, 0.1) is 0 Å². The van der Waals surface area contributed by atoms with Crippen LogP contribution in [0.4, 0.5) is 0 Å². The van der Waals surface area contributed by atoms with Crippen molar-refractivity contribution in [3.05, 3.63) is 11.1 Å². The van der Waals surface area contributed by atoms with Gasteiger partial charge in [0.25, 0.3) is 0 Å². The lowest BCUT2D eigenvalue weighted by molar-refractivity contribution is -0.133. The zero-order chi connectivity index (χ0) is 12.3. The molecule has 0 aliphatic heterocycles. The van der Waals surface area contributed by atoms with Crippen LogP contribution in [0.1, 0.15) is 40.0 Å². The van der Waals surface area contributed by atoms with Crippen LogP contribution < -0.4 is 5.32 Å². The molecule has 0 saturated heterocycles. The number of carbonyl (C=O) groups is 2. The Morgan fingerprint density at radius 3 is 2.25 bits per heavy atom. The number of carbonyl (C=O) groups excluding carboxylic acids is 1. The molecule has 1 saturated carbocycles. The average Bonchev–Trinajstić information content (AvgIpc) is 2.62. The van der Waals surface area contributed by atoms with Gasteiger partial charge in [0.1, 0.15) is 0 Å². The first kappa shape index (κ1) is 12.7. The fraction of sp³-hybridized carbons (Fsp3) is 0.667. The van der Waals surface area contributed by atoms with Gasteiger partial charge < -0.3 is 10.4 Å². The van der Waals surface area contributed by atoms with E-state index in [2.05, 4.69) is 12.2 Å². The molecule has 0 radical (unpaired) electrons. The average molecular weight is 225 g/mol. The number of aliphatic carboxylic acids is 1. The topological polar surface area (TPSA) is 66.4 Å². The highest BCUT2D eigenvalue weighted by molar-refractivity contribution is 6.01. The fourth-order valence-electron chi connectivity index (χ4n) is 1.97. The third-order valence-corrected chi connectivity index (χ3v) is 3.40. The molecule has 1 amide bonds. The summed E-state index contributed by atoms with van der Waals surface area (Å²) in [5, 5.41) is 11.7. The van der Waals surface area contributed by atoms with E-state index in [1.807, 2.05) is 0 Å². The molecule has 1 fully saturated rings. The highest BCUT2D eigenvalue weighted by Crippen LogP contribution is 2.25. The Bertz CT molecular complexity index is 333. The molecule has 1 aliphatic carbocycles. The summed E-state index contributed by atoms with van der Waals surface area (Å²) >= 11 is 0. The van der Waals surface area contributed by atoms with E-state index in [-0.39, 0.29) is 17.5 Å². The first-order valence-corrected chi connectivity index (χ1v) is 5.65. The first-order chi connectivity index (χ1) is 7.43. The Kier molecular flexibility index (Phi) is 4.10. The molecule has 0 aromatic rings. The van der Waals surface area contributed by atoms with Crippen molar-refractivity contribution in [1.82, 2.24) is 5.32 Å². The summed E-state index contributed by atoms with van der Waals surface area (Å²) in [4.78, 5) is 22.5. The van der Waals surface area contributed by atoms with E-state index in [1.54, 1.807) is 6.92 Å². The third kappa shape index (κ3) is 2.84. The molecule has 16 heavy (non-hydrogen) atoms. The number of carboxylic acid groups (broad SMARTS) is 1. The molecule has 4 nitrogen and oxygen atoms in total. The number of carboxylic acids is 1. The standard InChI is InChI=1S/C12H19NO3/c1-7-5-4-6-10(7)13-11(14)8(2)9(3)12(15)16/h7,10H,4-6H2,1-3H3,(H,13,14)(H,15,16). The predicted octanol–water partition coefficient (Wildman–Crippen LogP) is 1.71. The second-order valence-electron chi connectivity index (χ2n) is 4.54. The van der Waals surface area contributed by atoms with Gasteiger partial charge in [-0.15, -0.1) is 0 Å². The summed E-state index contributed by atoms with van der Waals surface area (Å²) in [7, 11) is 0. The quantitative estimate of drug-likeness (QED) is 0.718. The molecule has 90 valence electrons. The minimum atomic E-state index is -1.04. The van der Waals surface area contributed by atoms with E-state index in [0.717, 1.165) is 19.3 Å². The van der Waals surface area contributed by atoms with Crippen LogP contribution >= 0.6 is 0 Å². The molecule has 2 atom stereocenters. The van der Waals surface area contributed by atoms with Crippen LogP contribution in [0.25, 0.3) is 0 Å². The highest BCUT2D eigenvalue weighted by Gasteiger charge is 2.25. The smallest absolute Gasteiger partial charge is 0.331 e. The normalized spacial score (nSPS) is 26.2. The third-order valence-electron chi connectivity index (χ3n) is 3.40. The number of hydrogen-bond acceptors (Lipinski definition) is 2. The van der Waals surface area contributed by atoms with Crippen LogP contribution in [0.3, 0.4) is 0 Å². The van der Waals surface area contributed by atoms with Crippen molar-refractivity contribution in [2.24, 2.45) is 5.92 Å². The number of nitrogens with one attached hydrogen (secondary N) is 1. The SMILES string of the molecule is CC(C(=O)O)=C(C)C(=O)NC1CCCC1C. The first-order valence-electron chi connectivity index (χ1n) is 5.65. The molecule has 1 rings (SSSR count). The number of amides is 1. The molecular formula is C12H19NO3. The second kappa shape index (κ2) is 5.14. The van der Waals surface area contributed by atoms with E-state index in [4.69, 9.17) is 5.11 Å². The summed E-state index contributed by atoms with van der Waals surface area (Å²) in [5.41, 5.74) is 0.412. The Morgan fingerprint density at radius 2 is 1.81 bits per heavy atom. The van der Waals surface area contributed by atoms with Crippen LogP contribution in [0, 0.1) is 5.92 Å². The second-order valence-corrected chi connectivity index (χ2v) is 4.54. The Morgan fingerprint density at radius 1 is 1.19 bits per heavy atom. The maximum absolute atomic E-state index is 11.8. The Hall–Kier alpha value is -1.32. The minimum Gasteiger partial charge on any atom is -0.478 e.